The van der Waals surface area contributed by atoms with Gasteiger partial charge in [-0.1, -0.05) is 5.16 Å². The molecule has 0 radical (unpaired) electrons. The highest BCUT2D eigenvalue weighted by Gasteiger charge is 2.16. The summed E-state index contributed by atoms with van der Waals surface area (Å²) in [5, 5.41) is 6.33. The Bertz CT molecular complexity index is 623. The summed E-state index contributed by atoms with van der Waals surface area (Å²) in [6.45, 7) is 2.09. The van der Waals surface area contributed by atoms with Crippen molar-refractivity contribution in [2.75, 3.05) is 6.79 Å². The zero-order valence-electron chi connectivity index (χ0n) is 10.2. The van der Waals surface area contributed by atoms with E-state index < -0.39 is 0 Å². The van der Waals surface area contributed by atoms with E-state index in [1.165, 1.54) is 0 Å². The highest BCUT2D eigenvalue weighted by atomic mass is 16.7. The van der Waals surface area contributed by atoms with Crippen LogP contribution in [-0.4, -0.2) is 22.8 Å². The fourth-order valence-electron chi connectivity index (χ4n) is 1.71. The average molecular weight is 261 g/mol. The van der Waals surface area contributed by atoms with E-state index in [1.807, 2.05) is 0 Å². The van der Waals surface area contributed by atoms with Gasteiger partial charge in [0, 0.05) is 5.56 Å². The minimum atomic E-state index is -0.242. The molecule has 1 aliphatic rings. The molecule has 0 saturated carbocycles. The fourth-order valence-corrected chi connectivity index (χ4v) is 1.71. The zero-order chi connectivity index (χ0) is 13.2. The van der Waals surface area contributed by atoms with Crippen molar-refractivity contribution in [3.05, 3.63) is 35.5 Å². The molecule has 1 aliphatic heterocycles. The van der Waals surface area contributed by atoms with Gasteiger partial charge in [0.25, 0.3) is 5.91 Å². The van der Waals surface area contributed by atoms with Gasteiger partial charge in [-0.25, -0.2) is 0 Å². The van der Waals surface area contributed by atoms with Crippen LogP contribution in [0.2, 0.25) is 0 Å². The Labute approximate surface area is 108 Å². The lowest BCUT2D eigenvalue weighted by Gasteiger charge is -2.03. The highest BCUT2D eigenvalue weighted by Crippen LogP contribution is 2.32. The van der Waals surface area contributed by atoms with E-state index in [4.69, 9.17) is 14.0 Å². The molecule has 0 saturated heterocycles. The molecule has 0 aliphatic carbocycles. The van der Waals surface area contributed by atoms with Crippen LogP contribution in [0.3, 0.4) is 0 Å². The van der Waals surface area contributed by atoms with Crippen LogP contribution in [0.5, 0.6) is 11.5 Å². The molecule has 1 aromatic carbocycles. The molecule has 98 valence electrons. The number of hydrogen-bond acceptors (Lipinski definition) is 6. The molecule has 0 atom stereocenters. The van der Waals surface area contributed by atoms with Gasteiger partial charge in [0.1, 0.15) is 0 Å². The molecule has 0 spiro atoms. The number of aromatic nitrogens is 2. The molecule has 1 aromatic heterocycles. The SMILES string of the molecule is Cc1noc(CNC(=O)c2ccc3c(c2)OCO3)n1. The summed E-state index contributed by atoms with van der Waals surface area (Å²) in [6.07, 6.45) is 0. The van der Waals surface area contributed by atoms with E-state index in [-0.39, 0.29) is 19.2 Å². The van der Waals surface area contributed by atoms with Crippen molar-refractivity contribution in [3.8, 4) is 11.5 Å². The normalized spacial score (nSPS) is 12.5. The number of ether oxygens (including phenoxy) is 2. The highest BCUT2D eigenvalue weighted by molar-refractivity contribution is 5.94. The Morgan fingerprint density at radius 3 is 3.00 bits per heavy atom. The van der Waals surface area contributed by atoms with E-state index in [9.17, 15) is 4.79 Å². The van der Waals surface area contributed by atoms with Crippen LogP contribution in [0.25, 0.3) is 0 Å². The quantitative estimate of drug-likeness (QED) is 0.888. The Kier molecular flexibility index (Phi) is 2.79. The molecule has 7 nitrogen and oxygen atoms in total. The lowest BCUT2D eigenvalue weighted by atomic mass is 10.2. The maximum absolute atomic E-state index is 11.9. The fraction of sp³-hybridized carbons (Fsp3) is 0.250. The van der Waals surface area contributed by atoms with E-state index >= 15 is 0 Å². The number of benzene rings is 1. The van der Waals surface area contributed by atoms with Crippen molar-refractivity contribution < 1.29 is 18.8 Å². The minimum Gasteiger partial charge on any atom is -0.454 e. The maximum atomic E-state index is 11.9. The lowest BCUT2D eigenvalue weighted by Crippen LogP contribution is -2.22. The van der Waals surface area contributed by atoms with E-state index in [0.29, 0.717) is 28.8 Å². The third-order valence-electron chi connectivity index (χ3n) is 2.60. The lowest BCUT2D eigenvalue weighted by molar-refractivity contribution is 0.0946. The number of carbonyl (C=O) groups is 1. The number of hydrogen-bond donors (Lipinski definition) is 1. The molecule has 7 heteroatoms. The van der Waals surface area contributed by atoms with Crippen LogP contribution in [0.15, 0.2) is 22.7 Å². The number of nitrogens with one attached hydrogen (secondary N) is 1. The molecule has 0 bridgehead atoms. The van der Waals surface area contributed by atoms with Gasteiger partial charge >= 0.3 is 0 Å². The van der Waals surface area contributed by atoms with Crippen LogP contribution < -0.4 is 14.8 Å². The number of fused-ring (bicyclic) bond motifs is 1. The van der Waals surface area contributed by atoms with Crippen molar-refractivity contribution in [1.82, 2.24) is 15.5 Å². The van der Waals surface area contributed by atoms with Gasteiger partial charge in [0.05, 0.1) is 6.54 Å². The molecule has 2 aromatic rings. The molecule has 2 heterocycles. The van der Waals surface area contributed by atoms with Gasteiger partial charge in [0.15, 0.2) is 17.3 Å². The van der Waals surface area contributed by atoms with Crippen LogP contribution >= 0.6 is 0 Å². The maximum Gasteiger partial charge on any atom is 0.251 e. The van der Waals surface area contributed by atoms with E-state index in [0.717, 1.165) is 0 Å². The van der Waals surface area contributed by atoms with Crippen LogP contribution in [0.1, 0.15) is 22.1 Å². The van der Waals surface area contributed by atoms with Gasteiger partial charge in [-0.05, 0) is 25.1 Å². The molecule has 0 fully saturated rings. The van der Waals surface area contributed by atoms with E-state index in [1.54, 1.807) is 25.1 Å². The summed E-state index contributed by atoms with van der Waals surface area (Å²) >= 11 is 0. The van der Waals surface area contributed by atoms with Gasteiger partial charge in [-0.2, -0.15) is 4.98 Å². The van der Waals surface area contributed by atoms with E-state index in [2.05, 4.69) is 15.5 Å². The van der Waals surface area contributed by atoms with Gasteiger partial charge < -0.3 is 19.3 Å². The minimum absolute atomic E-state index is 0.182. The second-order valence-corrected chi connectivity index (χ2v) is 3.99. The Balaban J connectivity index is 1.67. The van der Waals surface area contributed by atoms with Gasteiger partial charge in [-0.3, -0.25) is 4.79 Å². The first kappa shape index (κ1) is 11.5. The molecular formula is C12H11N3O4. The number of aryl methyl sites for hydroxylation is 1. The Morgan fingerprint density at radius 2 is 2.21 bits per heavy atom. The largest absolute Gasteiger partial charge is 0.454 e. The second-order valence-electron chi connectivity index (χ2n) is 3.99. The van der Waals surface area contributed by atoms with Gasteiger partial charge in [-0.15, -0.1) is 0 Å². The predicted molar refractivity (Wildman–Crippen MR) is 62.8 cm³/mol. The van der Waals surface area contributed by atoms with Crippen molar-refractivity contribution in [3.63, 3.8) is 0 Å². The monoisotopic (exact) mass is 261 g/mol. The first-order chi connectivity index (χ1) is 9.22. The number of nitrogens with zero attached hydrogens (tertiary/aromatic N) is 2. The summed E-state index contributed by atoms with van der Waals surface area (Å²) in [7, 11) is 0. The van der Waals surface area contributed by atoms with Crippen molar-refractivity contribution >= 4 is 5.91 Å². The summed E-state index contributed by atoms with van der Waals surface area (Å²) in [5.74, 6) is 1.87. The standard InChI is InChI=1S/C12H11N3O4/c1-7-14-11(19-15-7)5-13-12(16)8-2-3-9-10(4-8)18-6-17-9/h2-4H,5-6H2,1H3,(H,13,16). The Hall–Kier alpha value is -2.57. The number of carbonyl (C=O) groups excluding carboxylic acids is 1. The summed E-state index contributed by atoms with van der Waals surface area (Å²) in [5.41, 5.74) is 0.487. The molecule has 19 heavy (non-hydrogen) atoms. The van der Waals surface area contributed by atoms with Crippen LogP contribution in [0, 0.1) is 6.92 Å². The summed E-state index contributed by atoms with van der Waals surface area (Å²) < 4.78 is 15.3. The van der Waals surface area contributed by atoms with Gasteiger partial charge in [0.2, 0.25) is 12.7 Å². The average Bonchev–Trinajstić information content (AvgIpc) is 3.03. The molecule has 1 amide bonds. The molecule has 3 rings (SSSR count). The number of amides is 1. The Morgan fingerprint density at radius 1 is 1.37 bits per heavy atom. The predicted octanol–water partition coefficient (Wildman–Crippen LogP) is 1.04. The van der Waals surface area contributed by atoms with Crippen molar-refractivity contribution in [2.24, 2.45) is 0 Å². The summed E-state index contributed by atoms with van der Waals surface area (Å²) in [6, 6.07) is 5.01. The second kappa shape index (κ2) is 4.60. The van der Waals surface area contributed by atoms with Crippen molar-refractivity contribution in [2.45, 2.75) is 13.5 Å². The topological polar surface area (TPSA) is 86.5 Å². The number of rotatable bonds is 3. The molecule has 0 unspecified atom stereocenters. The van der Waals surface area contributed by atoms with Crippen molar-refractivity contribution in [1.29, 1.82) is 0 Å². The molecular weight excluding hydrogens is 250 g/mol. The molecule has 1 N–H and O–H groups in total. The smallest absolute Gasteiger partial charge is 0.251 e. The third-order valence-corrected chi connectivity index (χ3v) is 2.60. The first-order valence-electron chi connectivity index (χ1n) is 5.69. The summed E-state index contributed by atoms with van der Waals surface area (Å²) in [4.78, 5) is 15.9. The zero-order valence-corrected chi connectivity index (χ0v) is 10.2. The van der Waals surface area contributed by atoms with Crippen LogP contribution in [-0.2, 0) is 6.54 Å². The first-order valence-corrected chi connectivity index (χ1v) is 5.69. The third kappa shape index (κ3) is 2.35. The van der Waals surface area contributed by atoms with Crippen LogP contribution in [0.4, 0.5) is 0 Å².